The molecule has 1 heterocycles. The summed E-state index contributed by atoms with van der Waals surface area (Å²) in [5, 5.41) is 9.74. The summed E-state index contributed by atoms with van der Waals surface area (Å²) in [5.74, 6) is -1.17. The second-order valence-electron chi connectivity index (χ2n) is 3.53. The summed E-state index contributed by atoms with van der Waals surface area (Å²) >= 11 is 0. The number of methoxy groups -OCH3 is 1. The number of aromatic nitrogens is 2. The molecule has 0 aliphatic carbocycles. The lowest BCUT2D eigenvalue weighted by Gasteiger charge is -2.17. The van der Waals surface area contributed by atoms with Crippen LogP contribution in [0.25, 0.3) is 0 Å². The number of carbonyl (C=O) groups is 1. The van der Waals surface area contributed by atoms with E-state index in [0.717, 1.165) is 4.57 Å². The fourth-order valence-corrected chi connectivity index (χ4v) is 1.51. The first kappa shape index (κ1) is 13.0. The van der Waals surface area contributed by atoms with E-state index in [4.69, 9.17) is 0 Å². The Morgan fingerprint density at radius 2 is 2.12 bits per heavy atom. The van der Waals surface area contributed by atoms with Gasteiger partial charge in [-0.2, -0.15) is 0 Å². The van der Waals surface area contributed by atoms with E-state index in [0.29, 0.717) is 0 Å². The van der Waals surface area contributed by atoms with Crippen LogP contribution in [0.5, 0.6) is 5.88 Å². The molecule has 0 aliphatic rings. The van der Waals surface area contributed by atoms with Crippen LogP contribution in [0.1, 0.15) is 24.9 Å². The van der Waals surface area contributed by atoms with Gasteiger partial charge in [0.05, 0.1) is 12.7 Å². The minimum absolute atomic E-state index is 0.0213. The standard InChI is InChI=1S/C10H14N2O5/c1-4-6(9(15)17-3)12-8(14)5(2)7(13)11-10(12)16/h6,14H,4H2,1-3H3,(H,11,13,16). The summed E-state index contributed by atoms with van der Waals surface area (Å²) in [6.45, 7) is 3.02. The van der Waals surface area contributed by atoms with Gasteiger partial charge in [-0.05, 0) is 13.3 Å². The fraction of sp³-hybridized carbons (Fsp3) is 0.500. The van der Waals surface area contributed by atoms with Crippen molar-refractivity contribution in [2.24, 2.45) is 0 Å². The van der Waals surface area contributed by atoms with E-state index in [1.807, 2.05) is 4.98 Å². The van der Waals surface area contributed by atoms with Crippen molar-refractivity contribution in [3.05, 3.63) is 26.4 Å². The highest BCUT2D eigenvalue weighted by Gasteiger charge is 2.24. The summed E-state index contributed by atoms with van der Waals surface area (Å²) in [4.78, 5) is 36.3. The topological polar surface area (TPSA) is 101 Å². The molecule has 0 aliphatic heterocycles. The second-order valence-corrected chi connectivity index (χ2v) is 3.53. The summed E-state index contributed by atoms with van der Waals surface area (Å²) in [6.07, 6.45) is 0.256. The van der Waals surface area contributed by atoms with Crippen LogP contribution >= 0.6 is 0 Å². The summed E-state index contributed by atoms with van der Waals surface area (Å²) < 4.78 is 5.36. The van der Waals surface area contributed by atoms with Crippen LogP contribution < -0.4 is 11.2 Å². The van der Waals surface area contributed by atoms with E-state index >= 15 is 0 Å². The van der Waals surface area contributed by atoms with Gasteiger partial charge >= 0.3 is 11.7 Å². The Balaban J connectivity index is 3.50. The van der Waals surface area contributed by atoms with Crippen molar-refractivity contribution in [2.75, 3.05) is 7.11 Å². The first-order valence-corrected chi connectivity index (χ1v) is 5.06. The third-order valence-electron chi connectivity index (χ3n) is 2.52. The largest absolute Gasteiger partial charge is 0.494 e. The predicted molar refractivity (Wildman–Crippen MR) is 59.1 cm³/mol. The SMILES string of the molecule is CCC(C(=O)OC)n1c(O)c(C)c(=O)[nH]c1=O. The van der Waals surface area contributed by atoms with Crippen LogP contribution in [-0.4, -0.2) is 27.7 Å². The average molecular weight is 242 g/mol. The maximum Gasteiger partial charge on any atom is 0.331 e. The zero-order chi connectivity index (χ0) is 13.2. The molecule has 7 nitrogen and oxygen atoms in total. The number of hydrogen-bond acceptors (Lipinski definition) is 5. The highest BCUT2D eigenvalue weighted by Crippen LogP contribution is 2.18. The Bertz CT molecular complexity index is 543. The average Bonchev–Trinajstić information content (AvgIpc) is 2.30. The Hall–Kier alpha value is -2.05. The Morgan fingerprint density at radius 3 is 2.59 bits per heavy atom. The van der Waals surface area contributed by atoms with Gasteiger partial charge in [-0.25, -0.2) is 14.2 Å². The van der Waals surface area contributed by atoms with Crippen molar-refractivity contribution in [1.82, 2.24) is 9.55 Å². The predicted octanol–water partition coefficient (Wildman–Crippen LogP) is -0.325. The number of aromatic amines is 1. The number of nitrogens with zero attached hydrogens (tertiary/aromatic N) is 1. The van der Waals surface area contributed by atoms with E-state index in [9.17, 15) is 19.5 Å². The Kier molecular flexibility index (Phi) is 3.72. The number of H-pyrrole nitrogens is 1. The Labute approximate surface area is 96.7 Å². The van der Waals surface area contributed by atoms with Gasteiger partial charge in [-0.15, -0.1) is 0 Å². The molecular formula is C10H14N2O5. The third-order valence-corrected chi connectivity index (χ3v) is 2.52. The molecule has 17 heavy (non-hydrogen) atoms. The van der Waals surface area contributed by atoms with Crippen molar-refractivity contribution in [3.63, 3.8) is 0 Å². The van der Waals surface area contributed by atoms with E-state index < -0.39 is 29.1 Å². The molecule has 0 saturated carbocycles. The van der Waals surface area contributed by atoms with Gasteiger partial charge < -0.3 is 9.84 Å². The summed E-state index contributed by atoms with van der Waals surface area (Å²) in [6, 6.07) is -0.956. The van der Waals surface area contributed by atoms with Gasteiger partial charge in [0.25, 0.3) is 5.56 Å². The molecule has 1 atom stereocenters. The van der Waals surface area contributed by atoms with Crippen LogP contribution in [0.4, 0.5) is 0 Å². The fourth-order valence-electron chi connectivity index (χ4n) is 1.51. The number of ether oxygens (including phenoxy) is 1. The molecule has 0 saturated heterocycles. The lowest BCUT2D eigenvalue weighted by atomic mass is 10.2. The third kappa shape index (κ3) is 2.22. The molecule has 1 aromatic rings. The van der Waals surface area contributed by atoms with Gasteiger partial charge in [0.2, 0.25) is 5.88 Å². The van der Waals surface area contributed by atoms with Gasteiger partial charge in [-0.3, -0.25) is 9.78 Å². The molecular weight excluding hydrogens is 228 g/mol. The maximum absolute atomic E-state index is 11.6. The minimum atomic E-state index is -0.956. The van der Waals surface area contributed by atoms with Crippen molar-refractivity contribution < 1.29 is 14.6 Å². The number of esters is 1. The molecule has 1 unspecified atom stereocenters. The molecule has 0 amide bonds. The quantitative estimate of drug-likeness (QED) is 0.707. The van der Waals surface area contributed by atoms with Crippen LogP contribution in [0.2, 0.25) is 0 Å². The van der Waals surface area contributed by atoms with E-state index in [1.54, 1.807) is 6.92 Å². The van der Waals surface area contributed by atoms with Gasteiger partial charge in [-0.1, -0.05) is 6.92 Å². The van der Waals surface area contributed by atoms with Crippen LogP contribution in [0.15, 0.2) is 9.59 Å². The van der Waals surface area contributed by atoms with E-state index in [-0.39, 0.29) is 12.0 Å². The van der Waals surface area contributed by atoms with Crippen molar-refractivity contribution >= 4 is 5.97 Å². The molecule has 0 fully saturated rings. The molecule has 1 aromatic heterocycles. The first-order valence-electron chi connectivity index (χ1n) is 5.06. The number of hydrogen-bond donors (Lipinski definition) is 2. The van der Waals surface area contributed by atoms with E-state index in [2.05, 4.69) is 4.74 Å². The number of nitrogens with one attached hydrogen (secondary N) is 1. The van der Waals surface area contributed by atoms with Crippen molar-refractivity contribution in [2.45, 2.75) is 26.3 Å². The lowest BCUT2D eigenvalue weighted by Crippen LogP contribution is -2.36. The van der Waals surface area contributed by atoms with Crippen LogP contribution in [0.3, 0.4) is 0 Å². The van der Waals surface area contributed by atoms with Crippen molar-refractivity contribution in [3.8, 4) is 5.88 Å². The van der Waals surface area contributed by atoms with Crippen LogP contribution in [0, 0.1) is 6.92 Å². The molecule has 2 N–H and O–H groups in total. The number of rotatable bonds is 3. The maximum atomic E-state index is 11.6. The highest BCUT2D eigenvalue weighted by atomic mass is 16.5. The highest BCUT2D eigenvalue weighted by molar-refractivity contribution is 5.74. The molecule has 0 radical (unpaired) electrons. The normalized spacial score (nSPS) is 12.2. The molecule has 0 bridgehead atoms. The number of aromatic hydroxyl groups is 1. The smallest absolute Gasteiger partial charge is 0.331 e. The van der Waals surface area contributed by atoms with Crippen molar-refractivity contribution in [1.29, 1.82) is 0 Å². The van der Waals surface area contributed by atoms with Gasteiger partial charge in [0.15, 0.2) is 0 Å². The summed E-state index contributed by atoms with van der Waals surface area (Å²) in [7, 11) is 1.19. The minimum Gasteiger partial charge on any atom is -0.494 e. The number of carbonyl (C=O) groups excluding carboxylic acids is 1. The zero-order valence-corrected chi connectivity index (χ0v) is 9.81. The first-order chi connectivity index (χ1) is 7.93. The molecule has 0 spiro atoms. The monoisotopic (exact) mass is 242 g/mol. The zero-order valence-electron chi connectivity index (χ0n) is 9.81. The second kappa shape index (κ2) is 4.86. The summed E-state index contributed by atoms with van der Waals surface area (Å²) in [5.41, 5.74) is -1.54. The lowest BCUT2D eigenvalue weighted by molar-refractivity contribution is -0.145. The Morgan fingerprint density at radius 1 is 1.53 bits per heavy atom. The molecule has 7 heteroatoms. The molecule has 0 aromatic carbocycles. The molecule has 1 rings (SSSR count). The van der Waals surface area contributed by atoms with E-state index in [1.165, 1.54) is 14.0 Å². The van der Waals surface area contributed by atoms with Gasteiger partial charge in [0, 0.05) is 0 Å². The van der Waals surface area contributed by atoms with Gasteiger partial charge in [0.1, 0.15) is 6.04 Å². The van der Waals surface area contributed by atoms with Crippen LogP contribution in [-0.2, 0) is 9.53 Å². The molecule has 94 valence electrons.